The van der Waals surface area contributed by atoms with E-state index in [-0.39, 0.29) is 5.41 Å². The minimum atomic E-state index is 0.0111. The number of hydrogen-bond acceptors (Lipinski definition) is 3. The normalized spacial score (nSPS) is 11.4. The molecule has 106 valence electrons. The molecule has 0 aliphatic heterocycles. The highest BCUT2D eigenvalue weighted by Crippen LogP contribution is 2.24. The molecular weight excluding hydrogens is 314 g/mol. The zero-order valence-electron chi connectivity index (χ0n) is 12.4. The lowest BCUT2D eigenvalue weighted by Gasteiger charge is -2.19. The highest BCUT2D eigenvalue weighted by molar-refractivity contribution is 9.10. The molecule has 0 bridgehead atoms. The van der Waals surface area contributed by atoms with Crippen LogP contribution in [0.3, 0.4) is 0 Å². The van der Waals surface area contributed by atoms with Gasteiger partial charge < -0.3 is 5.32 Å². The van der Waals surface area contributed by atoms with Gasteiger partial charge in [-0.25, -0.2) is 9.97 Å². The van der Waals surface area contributed by atoms with Gasteiger partial charge in [-0.1, -0.05) is 54.9 Å². The fourth-order valence-corrected chi connectivity index (χ4v) is 2.33. The third-order valence-corrected chi connectivity index (χ3v) is 3.88. The topological polar surface area (TPSA) is 37.8 Å². The third kappa shape index (κ3) is 3.57. The number of hydrogen-bond donors (Lipinski definition) is 1. The number of nitrogens with one attached hydrogen (secondary N) is 1. The molecule has 0 atom stereocenters. The average Bonchev–Trinajstić information content (AvgIpc) is 2.40. The molecule has 1 N–H and O–H groups in total. The molecule has 2 aromatic rings. The maximum absolute atomic E-state index is 4.72. The fraction of sp³-hybridized carbons (Fsp3) is 0.375. The van der Waals surface area contributed by atoms with Crippen LogP contribution in [0.4, 0.5) is 5.82 Å². The van der Waals surface area contributed by atoms with Crippen molar-refractivity contribution in [3.05, 3.63) is 51.9 Å². The second-order valence-electron chi connectivity index (χ2n) is 5.82. The van der Waals surface area contributed by atoms with E-state index in [4.69, 9.17) is 4.98 Å². The van der Waals surface area contributed by atoms with E-state index in [0.717, 1.165) is 28.2 Å². The molecule has 0 aliphatic carbocycles. The first-order valence-corrected chi connectivity index (χ1v) is 7.49. The first kappa shape index (κ1) is 15.0. The summed E-state index contributed by atoms with van der Waals surface area (Å²) >= 11 is 3.58. The van der Waals surface area contributed by atoms with Gasteiger partial charge in [-0.15, -0.1) is 0 Å². The zero-order chi connectivity index (χ0) is 14.8. The molecule has 0 spiro atoms. The van der Waals surface area contributed by atoms with E-state index in [1.54, 1.807) is 0 Å². The molecule has 1 heterocycles. The SMILES string of the molecule is CNc1cc(C(C)(C)C)nc(Cc2ccccc2Br)n1. The van der Waals surface area contributed by atoms with Crippen molar-refractivity contribution in [1.29, 1.82) is 0 Å². The van der Waals surface area contributed by atoms with Gasteiger partial charge in [0.05, 0.1) is 5.69 Å². The Labute approximate surface area is 129 Å². The lowest BCUT2D eigenvalue weighted by atomic mass is 9.92. The van der Waals surface area contributed by atoms with Crippen molar-refractivity contribution >= 4 is 21.7 Å². The molecule has 0 aliphatic rings. The van der Waals surface area contributed by atoms with Gasteiger partial charge in [0.25, 0.3) is 0 Å². The van der Waals surface area contributed by atoms with E-state index < -0.39 is 0 Å². The summed E-state index contributed by atoms with van der Waals surface area (Å²) in [6.45, 7) is 6.49. The van der Waals surface area contributed by atoms with E-state index in [1.165, 1.54) is 5.56 Å². The molecule has 4 heteroatoms. The lowest BCUT2D eigenvalue weighted by molar-refractivity contribution is 0.563. The molecule has 0 radical (unpaired) electrons. The quantitative estimate of drug-likeness (QED) is 0.915. The van der Waals surface area contributed by atoms with Gasteiger partial charge in [-0.3, -0.25) is 0 Å². The lowest BCUT2D eigenvalue weighted by Crippen LogP contribution is -2.16. The average molecular weight is 334 g/mol. The van der Waals surface area contributed by atoms with Crippen molar-refractivity contribution in [1.82, 2.24) is 9.97 Å². The van der Waals surface area contributed by atoms with Gasteiger partial charge in [0.2, 0.25) is 0 Å². The van der Waals surface area contributed by atoms with Crippen molar-refractivity contribution in [3.63, 3.8) is 0 Å². The number of halogens is 1. The van der Waals surface area contributed by atoms with Gasteiger partial charge in [0.1, 0.15) is 11.6 Å². The van der Waals surface area contributed by atoms with Crippen LogP contribution < -0.4 is 5.32 Å². The Hall–Kier alpha value is -1.42. The number of anilines is 1. The Morgan fingerprint density at radius 2 is 1.85 bits per heavy atom. The highest BCUT2D eigenvalue weighted by Gasteiger charge is 2.18. The van der Waals surface area contributed by atoms with Crippen molar-refractivity contribution in [2.24, 2.45) is 0 Å². The number of benzene rings is 1. The van der Waals surface area contributed by atoms with Gasteiger partial charge in [-0.05, 0) is 11.6 Å². The first-order valence-electron chi connectivity index (χ1n) is 6.70. The van der Waals surface area contributed by atoms with Crippen molar-refractivity contribution in [2.45, 2.75) is 32.6 Å². The summed E-state index contributed by atoms with van der Waals surface area (Å²) in [6.07, 6.45) is 0.722. The molecule has 0 amide bonds. The first-order chi connectivity index (χ1) is 9.40. The second-order valence-corrected chi connectivity index (χ2v) is 6.68. The molecule has 3 nitrogen and oxygen atoms in total. The maximum Gasteiger partial charge on any atom is 0.135 e. The summed E-state index contributed by atoms with van der Waals surface area (Å²) in [4.78, 5) is 9.28. The second kappa shape index (κ2) is 5.92. The highest BCUT2D eigenvalue weighted by atomic mass is 79.9. The Balaban J connectivity index is 2.39. The fourth-order valence-electron chi connectivity index (χ4n) is 1.90. The zero-order valence-corrected chi connectivity index (χ0v) is 14.0. The van der Waals surface area contributed by atoms with Crippen LogP contribution in [0.25, 0.3) is 0 Å². The summed E-state index contributed by atoms with van der Waals surface area (Å²) in [5, 5.41) is 3.12. The largest absolute Gasteiger partial charge is 0.373 e. The van der Waals surface area contributed by atoms with Gasteiger partial charge >= 0.3 is 0 Å². The van der Waals surface area contributed by atoms with Crippen molar-refractivity contribution < 1.29 is 0 Å². The van der Waals surface area contributed by atoms with Crippen LogP contribution in [0.15, 0.2) is 34.8 Å². The predicted octanol–water partition coefficient (Wildman–Crippen LogP) is 4.17. The summed E-state index contributed by atoms with van der Waals surface area (Å²) < 4.78 is 1.09. The van der Waals surface area contributed by atoms with Crippen LogP contribution in [0, 0.1) is 0 Å². The minimum absolute atomic E-state index is 0.0111. The molecular formula is C16H20BrN3. The van der Waals surface area contributed by atoms with Crippen molar-refractivity contribution in [3.8, 4) is 0 Å². The number of nitrogens with zero attached hydrogens (tertiary/aromatic N) is 2. The molecule has 0 unspecified atom stereocenters. The van der Waals surface area contributed by atoms with Crippen LogP contribution in [-0.4, -0.2) is 17.0 Å². The van der Waals surface area contributed by atoms with Crippen LogP contribution in [0.5, 0.6) is 0 Å². The van der Waals surface area contributed by atoms with Crippen LogP contribution >= 0.6 is 15.9 Å². The Kier molecular flexibility index (Phi) is 4.43. The van der Waals surface area contributed by atoms with Crippen LogP contribution in [-0.2, 0) is 11.8 Å². The van der Waals surface area contributed by atoms with Crippen LogP contribution in [0.1, 0.15) is 37.9 Å². The van der Waals surface area contributed by atoms with E-state index in [9.17, 15) is 0 Å². The van der Waals surface area contributed by atoms with E-state index in [1.807, 2.05) is 31.3 Å². The summed E-state index contributed by atoms with van der Waals surface area (Å²) in [5.74, 6) is 1.71. The maximum atomic E-state index is 4.72. The Bertz CT molecular complexity index is 603. The molecule has 1 aromatic carbocycles. The molecule has 0 saturated carbocycles. The predicted molar refractivity (Wildman–Crippen MR) is 87.2 cm³/mol. The molecule has 0 fully saturated rings. The summed E-state index contributed by atoms with van der Waals surface area (Å²) in [6, 6.07) is 10.2. The summed E-state index contributed by atoms with van der Waals surface area (Å²) in [5.41, 5.74) is 2.26. The minimum Gasteiger partial charge on any atom is -0.373 e. The van der Waals surface area contributed by atoms with Gasteiger partial charge in [0.15, 0.2) is 0 Å². The Morgan fingerprint density at radius 3 is 2.45 bits per heavy atom. The standard InChI is InChI=1S/C16H20BrN3/c1-16(2,3)13-10-14(18-4)20-15(19-13)9-11-7-5-6-8-12(11)17/h5-8,10H,9H2,1-4H3,(H,18,19,20). The molecule has 20 heavy (non-hydrogen) atoms. The summed E-state index contributed by atoms with van der Waals surface area (Å²) in [7, 11) is 1.89. The molecule has 1 aromatic heterocycles. The smallest absolute Gasteiger partial charge is 0.135 e. The Morgan fingerprint density at radius 1 is 1.15 bits per heavy atom. The molecule has 2 rings (SSSR count). The monoisotopic (exact) mass is 333 g/mol. The van der Waals surface area contributed by atoms with Gasteiger partial charge in [0, 0.05) is 29.4 Å². The number of aromatic nitrogens is 2. The van der Waals surface area contributed by atoms with E-state index in [2.05, 4.69) is 53.1 Å². The number of rotatable bonds is 3. The van der Waals surface area contributed by atoms with E-state index >= 15 is 0 Å². The van der Waals surface area contributed by atoms with Crippen LogP contribution in [0.2, 0.25) is 0 Å². The van der Waals surface area contributed by atoms with Gasteiger partial charge in [-0.2, -0.15) is 0 Å². The van der Waals surface area contributed by atoms with E-state index in [0.29, 0.717) is 0 Å². The third-order valence-electron chi connectivity index (χ3n) is 3.10. The van der Waals surface area contributed by atoms with Crippen molar-refractivity contribution in [2.75, 3.05) is 12.4 Å². The molecule has 0 saturated heterocycles.